The summed E-state index contributed by atoms with van der Waals surface area (Å²) < 4.78 is 7.04. The molecule has 1 aliphatic rings. The molecule has 0 radical (unpaired) electrons. The van der Waals surface area contributed by atoms with Gasteiger partial charge in [0.25, 0.3) is 0 Å². The second kappa shape index (κ2) is 7.38. The second-order valence-corrected chi connectivity index (χ2v) is 8.59. The number of nitrogens with zero attached hydrogens (tertiary/aromatic N) is 4. The number of nitrogens with two attached hydrogens (primary N) is 1. The predicted octanol–water partition coefficient (Wildman–Crippen LogP) is 3.25. The molecule has 3 aromatic heterocycles. The molecule has 9 nitrogen and oxygen atoms in total. The fourth-order valence-electron chi connectivity index (χ4n) is 3.88. The first-order chi connectivity index (χ1) is 13.8. The molecule has 0 aliphatic heterocycles. The topological polar surface area (TPSA) is 123 Å². The highest BCUT2D eigenvalue weighted by Crippen LogP contribution is 2.34. The van der Waals surface area contributed by atoms with Gasteiger partial charge in [0.15, 0.2) is 5.65 Å². The van der Waals surface area contributed by atoms with Crippen molar-refractivity contribution in [1.29, 1.82) is 0 Å². The number of aromatic amines is 1. The monoisotopic (exact) mass is 397 g/mol. The molecule has 0 saturated heterocycles. The van der Waals surface area contributed by atoms with Crippen LogP contribution in [-0.2, 0) is 4.74 Å². The van der Waals surface area contributed by atoms with Crippen molar-refractivity contribution in [3.63, 3.8) is 0 Å². The van der Waals surface area contributed by atoms with Crippen molar-refractivity contribution in [1.82, 2.24) is 30.1 Å². The van der Waals surface area contributed by atoms with Crippen LogP contribution in [-0.4, -0.2) is 42.5 Å². The number of carbonyl (C=O) groups excluding carboxylic acids is 1. The predicted molar refractivity (Wildman–Crippen MR) is 109 cm³/mol. The Balaban J connectivity index is 1.56. The van der Waals surface area contributed by atoms with Crippen molar-refractivity contribution in [3.8, 4) is 11.1 Å². The van der Waals surface area contributed by atoms with Crippen LogP contribution in [0, 0.1) is 0 Å². The number of amides is 1. The van der Waals surface area contributed by atoms with E-state index in [4.69, 9.17) is 15.5 Å². The third-order valence-corrected chi connectivity index (χ3v) is 5.14. The Morgan fingerprint density at radius 2 is 2.17 bits per heavy atom. The molecule has 3 aromatic rings. The molecule has 3 heterocycles. The molecular formula is C20H27N7O2. The SMILES string of the molecule is CC(C)(C)OC(=O)N[C@@H]1CCC[C@H](c2cc(N)n3ncc(-c4cn[nH]c4)c3n2)C1. The number of aromatic nitrogens is 5. The van der Waals surface area contributed by atoms with E-state index < -0.39 is 5.60 Å². The Bertz CT molecular complexity index is 1000. The number of hydrogen-bond donors (Lipinski definition) is 3. The van der Waals surface area contributed by atoms with Gasteiger partial charge in [0, 0.05) is 41.0 Å². The van der Waals surface area contributed by atoms with Crippen LogP contribution >= 0.6 is 0 Å². The minimum absolute atomic E-state index is 0.0566. The molecule has 29 heavy (non-hydrogen) atoms. The minimum atomic E-state index is -0.509. The first kappa shape index (κ1) is 19.2. The lowest BCUT2D eigenvalue weighted by Gasteiger charge is -2.30. The number of carbonyl (C=O) groups is 1. The van der Waals surface area contributed by atoms with E-state index in [-0.39, 0.29) is 18.1 Å². The molecule has 4 N–H and O–H groups in total. The van der Waals surface area contributed by atoms with Crippen LogP contribution in [0.1, 0.15) is 58.1 Å². The van der Waals surface area contributed by atoms with Crippen LogP contribution in [0.3, 0.4) is 0 Å². The molecule has 0 spiro atoms. The second-order valence-electron chi connectivity index (χ2n) is 8.59. The molecule has 0 bridgehead atoms. The Morgan fingerprint density at radius 1 is 1.34 bits per heavy atom. The zero-order valence-corrected chi connectivity index (χ0v) is 17.0. The number of nitrogens with one attached hydrogen (secondary N) is 2. The van der Waals surface area contributed by atoms with Gasteiger partial charge >= 0.3 is 6.09 Å². The van der Waals surface area contributed by atoms with E-state index >= 15 is 0 Å². The molecule has 4 rings (SSSR count). The highest BCUT2D eigenvalue weighted by Gasteiger charge is 2.28. The van der Waals surface area contributed by atoms with Crippen molar-refractivity contribution in [2.45, 2.75) is 64.0 Å². The maximum Gasteiger partial charge on any atom is 0.407 e. The van der Waals surface area contributed by atoms with E-state index in [1.165, 1.54) is 0 Å². The third kappa shape index (κ3) is 4.18. The van der Waals surface area contributed by atoms with Crippen LogP contribution in [0.4, 0.5) is 10.6 Å². The van der Waals surface area contributed by atoms with Crippen molar-refractivity contribution < 1.29 is 9.53 Å². The normalized spacial score (nSPS) is 20.0. The van der Waals surface area contributed by atoms with Crippen LogP contribution < -0.4 is 11.1 Å². The van der Waals surface area contributed by atoms with Crippen LogP contribution in [0.2, 0.25) is 0 Å². The lowest BCUT2D eigenvalue weighted by atomic mass is 9.83. The quantitative estimate of drug-likeness (QED) is 0.623. The molecule has 9 heteroatoms. The van der Waals surface area contributed by atoms with Crippen molar-refractivity contribution >= 4 is 17.6 Å². The number of nitrogen functional groups attached to an aromatic ring is 1. The number of H-pyrrole nitrogens is 1. The third-order valence-electron chi connectivity index (χ3n) is 5.14. The van der Waals surface area contributed by atoms with Gasteiger partial charge in [0.05, 0.1) is 12.4 Å². The summed E-state index contributed by atoms with van der Waals surface area (Å²) in [5.41, 5.74) is 9.19. The number of hydrogen-bond acceptors (Lipinski definition) is 6. The maximum absolute atomic E-state index is 12.2. The standard InChI is InChI=1S/C20H27N7O2/c1-20(2,3)29-19(28)25-14-6-4-5-12(7-14)16-8-17(21)27-18(26-16)15(11-24-27)13-9-22-23-10-13/h8-12,14H,4-7,21H2,1-3H3,(H,22,23)(H,25,28)/t12-,14+/m0/s1. The fourth-order valence-corrected chi connectivity index (χ4v) is 3.88. The van der Waals surface area contributed by atoms with E-state index in [1.807, 2.05) is 33.0 Å². The first-order valence-electron chi connectivity index (χ1n) is 9.93. The van der Waals surface area contributed by atoms with Gasteiger partial charge < -0.3 is 15.8 Å². The average Bonchev–Trinajstić information content (AvgIpc) is 3.29. The molecular weight excluding hydrogens is 370 g/mol. The summed E-state index contributed by atoms with van der Waals surface area (Å²) in [5, 5.41) is 14.2. The van der Waals surface area contributed by atoms with Gasteiger partial charge in [-0.3, -0.25) is 5.10 Å². The molecule has 1 saturated carbocycles. The summed E-state index contributed by atoms with van der Waals surface area (Å²) >= 11 is 0. The van der Waals surface area contributed by atoms with Gasteiger partial charge in [-0.2, -0.15) is 14.7 Å². The smallest absolute Gasteiger partial charge is 0.407 e. The average molecular weight is 397 g/mol. The molecule has 0 unspecified atom stereocenters. The van der Waals surface area contributed by atoms with Gasteiger partial charge in [-0.25, -0.2) is 9.78 Å². The van der Waals surface area contributed by atoms with E-state index in [9.17, 15) is 4.79 Å². The number of fused-ring (bicyclic) bond motifs is 1. The summed E-state index contributed by atoms with van der Waals surface area (Å²) in [6.45, 7) is 5.59. The van der Waals surface area contributed by atoms with E-state index in [2.05, 4.69) is 20.6 Å². The number of alkyl carbamates (subject to hydrolysis) is 1. The Morgan fingerprint density at radius 3 is 2.90 bits per heavy atom. The summed E-state index contributed by atoms with van der Waals surface area (Å²) in [6.07, 6.45) is 8.67. The van der Waals surface area contributed by atoms with Gasteiger partial charge in [0.1, 0.15) is 11.4 Å². The van der Waals surface area contributed by atoms with Crippen LogP contribution in [0.15, 0.2) is 24.7 Å². The molecule has 1 amide bonds. The number of anilines is 1. The van der Waals surface area contributed by atoms with Gasteiger partial charge in [-0.05, 0) is 40.0 Å². The lowest BCUT2D eigenvalue weighted by molar-refractivity contribution is 0.0490. The molecule has 2 atom stereocenters. The largest absolute Gasteiger partial charge is 0.444 e. The first-order valence-corrected chi connectivity index (χ1v) is 9.93. The summed E-state index contributed by atoms with van der Waals surface area (Å²) in [5.74, 6) is 0.755. The summed E-state index contributed by atoms with van der Waals surface area (Å²) in [7, 11) is 0. The van der Waals surface area contributed by atoms with Crippen molar-refractivity contribution in [2.75, 3.05) is 5.73 Å². The molecule has 0 aromatic carbocycles. The number of ether oxygens (including phenoxy) is 1. The van der Waals surface area contributed by atoms with E-state index in [1.54, 1.807) is 16.9 Å². The molecule has 154 valence electrons. The summed E-state index contributed by atoms with van der Waals surface area (Å²) in [6, 6.07) is 1.95. The summed E-state index contributed by atoms with van der Waals surface area (Å²) in [4.78, 5) is 17.0. The van der Waals surface area contributed by atoms with Gasteiger partial charge in [0.2, 0.25) is 0 Å². The zero-order valence-electron chi connectivity index (χ0n) is 17.0. The molecule has 1 fully saturated rings. The van der Waals surface area contributed by atoms with Gasteiger partial charge in [-0.15, -0.1) is 0 Å². The van der Waals surface area contributed by atoms with Crippen LogP contribution in [0.5, 0.6) is 0 Å². The Kier molecular flexibility index (Phi) is 4.89. The minimum Gasteiger partial charge on any atom is -0.444 e. The van der Waals surface area contributed by atoms with E-state index in [0.29, 0.717) is 11.5 Å². The number of rotatable bonds is 3. The Hall–Kier alpha value is -3.10. The van der Waals surface area contributed by atoms with Crippen molar-refractivity contribution in [2.24, 2.45) is 0 Å². The molecule has 1 aliphatic carbocycles. The van der Waals surface area contributed by atoms with Gasteiger partial charge in [-0.1, -0.05) is 6.42 Å². The fraction of sp³-hybridized carbons (Fsp3) is 0.500. The maximum atomic E-state index is 12.2. The van der Waals surface area contributed by atoms with Crippen LogP contribution in [0.25, 0.3) is 16.8 Å². The van der Waals surface area contributed by atoms with Crippen molar-refractivity contribution in [3.05, 3.63) is 30.4 Å². The Labute approximate surface area is 169 Å². The zero-order chi connectivity index (χ0) is 20.6. The highest BCUT2D eigenvalue weighted by atomic mass is 16.6. The van der Waals surface area contributed by atoms with E-state index in [0.717, 1.165) is 42.5 Å². The highest BCUT2D eigenvalue weighted by molar-refractivity contribution is 5.77. The lowest BCUT2D eigenvalue weighted by Crippen LogP contribution is -2.41.